The highest BCUT2D eigenvalue weighted by Crippen LogP contribution is 2.33. The van der Waals surface area contributed by atoms with Crippen molar-refractivity contribution in [2.75, 3.05) is 20.3 Å². The zero-order valence-corrected chi connectivity index (χ0v) is 14.3. The van der Waals surface area contributed by atoms with Crippen LogP contribution in [0.4, 0.5) is 0 Å². The highest BCUT2D eigenvalue weighted by molar-refractivity contribution is 5.87. The fourth-order valence-electron chi connectivity index (χ4n) is 3.15. The summed E-state index contributed by atoms with van der Waals surface area (Å²) in [6, 6.07) is 7.12. The van der Waals surface area contributed by atoms with Crippen LogP contribution in [0.2, 0.25) is 0 Å². The van der Waals surface area contributed by atoms with Crippen LogP contribution in [0, 0.1) is 0 Å². The molecule has 0 saturated heterocycles. The highest BCUT2D eigenvalue weighted by atomic mass is 16.5. The van der Waals surface area contributed by atoms with Crippen molar-refractivity contribution >= 4 is 11.9 Å². The van der Waals surface area contributed by atoms with Crippen LogP contribution in [-0.2, 0) is 9.59 Å². The van der Waals surface area contributed by atoms with Crippen molar-refractivity contribution in [2.45, 2.75) is 44.6 Å². The molecule has 1 N–H and O–H groups in total. The third kappa shape index (κ3) is 3.80. The normalized spacial score (nSPS) is 16.2. The van der Waals surface area contributed by atoms with E-state index in [9.17, 15) is 14.7 Å². The van der Waals surface area contributed by atoms with Gasteiger partial charge in [0.15, 0.2) is 18.1 Å². The van der Waals surface area contributed by atoms with Crippen molar-refractivity contribution in [3.8, 4) is 11.5 Å². The molecule has 1 fully saturated rings. The van der Waals surface area contributed by atoms with Crippen molar-refractivity contribution in [1.82, 2.24) is 4.90 Å². The van der Waals surface area contributed by atoms with Crippen LogP contribution >= 0.6 is 0 Å². The van der Waals surface area contributed by atoms with Crippen LogP contribution < -0.4 is 9.47 Å². The lowest BCUT2D eigenvalue weighted by Gasteiger charge is -2.40. The molecule has 0 bridgehead atoms. The van der Waals surface area contributed by atoms with Crippen molar-refractivity contribution < 1.29 is 24.2 Å². The summed E-state index contributed by atoms with van der Waals surface area (Å²) in [5.74, 6) is -0.228. The van der Waals surface area contributed by atoms with E-state index in [-0.39, 0.29) is 12.5 Å². The summed E-state index contributed by atoms with van der Waals surface area (Å²) in [7, 11) is 1.56. The maximum atomic E-state index is 12.5. The number of likely N-dealkylation sites (N-methyl/N-ethyl adjacent to an activating group) is 1. The largest absolute Gasteiger partial charge is 0.490 e. The average molecular weight is 335 g/mol. The van der Waals surface area contributed by atoms with Gasteiger partial charge in [-0.1, -0.05) is 31.4 Å². The first-order valence-corrected chi connectivity index (χ1v) is 8.36. The fraction of sp³-hybridized carbons (Fsp3) is 0.556. The average Bonchev–Trinajstić information content (AvgIpc) is 2.60. The quantitative estimate of drug-likeness (QED) is 0.829. The molecule has 1 saturated carbocycles. The second kappa shape index (κ2) is 8.04. The summed E-state index contributed by atoms with van der Waals surface area (Å²) >= 11 is 0. The number of carboxylic acid groups (broad SMARTS) is 1. The van der Waals surface area contributed by atoms with E-state index in [1.54, 1.807) is 25.2 Å². The number of nitrogens with zero attached hydrogens (tertiary/aromatic N) is 1. The van der Waals surface area contributed by atoms with Crippen molar-refractivity contribution in [3.05, 3.63) is 24.3 Å². The molecular weight excluding hydrogens is 310 g/mol. The van der Waals surface area contributed by atoms with E-state index >= 15 is 0 Å². The minimum absolute atomic E-state index is 0.213. The zero-order chi connectivity index (χ0) is 17.6. The molecule has 0 aliphatic heterocycles. The van der Waals surface area contributed by atoms with Crippen LogP contribution in [0.5, 0.6) is 11.5 Å². The van der Waals surface area contributed by atoms with Gasteiger partial charge < -0.3 is 19.5 Å². The van der Waals surface area contributed by atoms with Crippen molar-refractivity contribution in [1.29, 1.82) is 0 Å². The maximum Gasteiger partial charge on any atom is 0.329 e. The topological polar surface area (TPSA) is 76.1 Å². The van der Waals surface area contributed by atoms with Gasteiger partial charge in [-0.15, -0.1) is 0 Å². The Bertz CT molecular complexity index is 581. The van der Waals surface area contributed by atoms with Crippen LogP contribution in [0.1, 0.15) is 39.0 Å². The summed E-state index contributed by atoms with van der Waals surface area (Å²) in [6.45, 7) is 2.15. The number of para-hydroxylation sites is 2. The Morgan fingerprint density at radius 3 is 2.25 bits per heavy atom. The van der Waals surface area contributed by atoms with Crippen molar-refractivity contribution in [2.24, 2.45) is 0 Å². The second-order valence-electron chi connectivity index (χ2n) is 6.02. The van der Waals surface area contributed by atoms with E-state index in [0.717, 1.165) is 19.3 Å². The first-order valence-electron chi connectivity index (χ1n) is 8.36. The lowest BCUT2D eigenvalue weighted by Crippen LogP contribution is -2.57. The van der Waals surface area contributed by atoms with Gasteiger partial charge in [-0.3, -0.25) is 4.79 Å². The zero-order valence-electron chi connectivity index (χ0n) is 14.3. The van der Waals surface area contributed by atoms with Crippen LogP contribution in [-0.4, -0.2) is 47.7 Å². The molecule has 6 heteroatoms. The third-order valence-electron chi connectivity index (χ3n) is 4.60. The first kappa shape index (κ1) is 18.1. The number of benzene rings is 1. The molecule has 1 aromatic rings. The van der Waals surface area contributed by atoms with Gasteiger partial charge in [-0.25, -0.2) is 4.79 Å². The van der Waals surface area contributed by atoms with Gasteiger partial charge in [0.05, 0.1) is 6.61 Å². The summed E-state index contributed by atoms with van der Waals surface area (Å²) in [4.78, 5) is 25.6. The number of carboxylic acids is 1. The molecule has 0 atom stereocenters. The van der Waals surface area contributed by atoms with Gasteiger partial charge in [0.1, 0.15) is 5.54 Å². The molecule has 0 radical (unpaired) electrons. The smallest absolute Gasteiger partial charge is 0.329 e. The van der Waals surface area contributed by atoms with Crippen LogP contribution in [0.25, 0.3) is 0 Å². The SMILES string of the molecule is CCOc1ccccc1OCC(=O)N(C)C1(C(=O)O)CCCCC1. The minimum Gasteiger partial charge on any atom is -0.490 e. The first-order chi connectivity index (χ1) is 11.5. The van der Waals surface area contributed by atoms with Crippen LogP contribution in [0.15, 0.2) is 24.3 Å². The maximum absolute atomic E-state index is 12.5. The van der Waals surface area contributed by atoms with E-state index < -0.39 is 11.5 Å². The van der Waals surface area contributed by atoms with E-state index in [4.69, 9.17) is 9.47 Å². The van der Waals surface area contributed by atoms with Gasteiger partial charge >= 0.3 is 5.97 Å². The lowest BCUT2D eigenvalue weighted by atomic mass is 9.80. The predicted molar refractivity (Wildman–Crippen MR) is 89.3 cm³/mol. The molecule has 2 rings (SSSR count). The highest BCUT2D eigenvalue weighted by Gasteiger charge is 2.45. The van der Waals surface area contributed by atoms with Crippen LogP contribution in [0.3, 0.4) is 0 Å². The Morgan fingerprint density at radius 1 is 1.12 bits per heavy atom. The standard InChI is InChI=1S/C18H25NO5/c1-3-23-14-9-5-6-10-15(14)24-13-16(20)19(2)18(17(21)22)11-7-4-8-12-18/h5-6,9-10H,3-4,7-8,11-13H2,1-2H3,(H,21,22). The van der Waals surface area contributed by atoms with E-state index in [2.05, 4.69) is 0 Å². The number of rotatable bonds is 7. The molecule has 1 aliphatic rings. The molecule has 1 amide bonds. The lowest BCUT2D eigenvalue weighted by molar-refractivity contribution is -0.161. The Morgan fingerprint density at radius 2 is 1.71 bits per heavy atom. The Balaban J connectivity index is 2.05. The number of amides is 1. The predicted octanol–water partition coefficient (Wildman–Crippen LogP) is 2.71. The molecule has 0 aromatic heterocycles. The summed E-state index contributed by atoms with van der Waals surface area (Å²) < 4.78 is 11.0. The molecule has 0 spiro atoms. The number of carbonyl (C=O) groups is 2. The molecule has 132 valence electrons. The van der Waals surface area contributed by atoms with E-state index in [1.165, 1.54) is 4.90 Å². The van der Waals surface area contributed by atoms with Gasteiger partial charge in [0, 0.05) is 7.05 Å². The molecule has 6 nitrogen and oxygen atoms in total. The Labute approximate surface area is 142 Å². The molecule has 0 unspecified atom stereocenters. The number of hydrogen-bond donors (Lipinski definition) is 1. The van der Waals surface area contributed by atoms with Crippen molar-refractivity contribution in [3.63, 3.8) is 0 Å². The fourth-order valence-corrected chi connectivity index (χ4v) is 3.15. The third-order valence-corrected chi connectivity index (χ3v) is 4.60. The number of hydrogen-bond acceptors (Lipinski definition) is 4. The monoisotopic (exact) mass is 335 g/mol. The molecule has 1 aliphatic carbocycles. The number of aliphatic carboxylic acids is 1. The molecule has 0 heterocycles. The molecule has 24 heavy (non-hydrogen) atoms. The van der Waals surface area contributed by atoms with Gasteiger partial charge in [0.2, 0.25) is 0 Å². The van der Waals surface area contributed by atoms with Gasteiger partial charge in [-0.2, -0.15) is 0 Å². The van der Waals surface area contributed by atoms with Gasteiger partial charge in [0.25, 0.3) is 5.91 Å². The summed E-state index contributed by atoms with van der Waals surface area (Å²) in [5, 5.41) is 9.65. The number of carbonyl (C=O) groups excluding carboxylic acids is 1. The Hall–Kier alpha value is -2.24. The Kier molecular flexibility index (Phi) is 6.06. The minimum atomic E-state index is -1.11. The molecular formula is C18H25NO5. The van der Waals surface area contributed by atoms with E-state index in [0.29, 0.717) is 30.9 Å². The van der Waals surface area contributed by atoms with E-state index in [1.807, 2.05) is 13.0 Å². The van der Waals surface area contributed by atoms with Gasteiger partial charge in [-0.05, 0) is 31.9 Å². The summed E-state index contributed by atoms with van der Waals surface area (Å²) in [5.41, 5.74) is -1.11. The number of ether oxygens (including phenoxy) is 2. The summed E-state index contributed by atoms with van der Waals surface area (Å²) in [6.07, 6.45) is 3.62. The molecule has 1 aromatic carbocycles. The second-order valence-corrected chi connectivity index (χ2v) is 6.02.